The van der Waals surface area contributed by atoms with Gasteiger partial charge in [0.05, 0.1) is 16.3 Å². The van der Waals surface area contributed by atoms with Crippen molar-refractivity contribution in [2.45, 2.75) is 24.7 Å². The third kappa shape index (κ3) is 3.79. The van der Waals surface area contributed by atoms with E-state index < -0.39 is 15.8 Å². The number of benzene rings is 1. The van der Waals surface area contributed by atoms with E-state index in [4.69, 9.17) is 4.42 Å². The van der Waals surface area contributed by atoms with Crippen LogP contribution in [0.5, 0.6) is 0 Å². The summed E-state index contributed by atoms with van der Waals surface area (Å²) in [6.45, 7) is 6.76. The average Bonchev–Trinajstić information content (AvgIpc) is 3.06. The Morgan fingerprint density at radius 1 is 1.17 bits per heavy atom. The molecule has 0 N–H and O–H groups in total. The zero-order chi connectivity index (χ0) is 21.5. The molecule has 2 fully saturated rings. The van der Waals surface area contributed by atoms with E-state index in [0.717, 1.165) is 19.6 Å². The summed E-state index contributed by atoms with van der Waals surface area (Å²) in [6, 6.07) is 4.45. The minimum atomic E-state index is -3.78. The zero-order valence-electron chi connectivity index (χ0n) is 17.4. The Hall–Kier alpha value is -2.17. The molecule has 1 unspecified atom stereocenters. The van der Waals surface area contributed by atoms with Crippen molar-refractivity contribution in [1.29, 1.82) is 0 Å². The molecule has 4 rings (SSSR count). The van der Waals surface area contributed by atoms with Crippen molar-refractivity contribution in [2.75, 3.05) is 45.8 Å². The van der Waals surface area contributed by atoms with Crippen LogP contribution in [0.4, 0.5) is 0 Å². The number of carbonyl (C=O) groups excluding carboxylic acids is 1. The molecule has 2 aliphatic rings. The van der Waals surface area contributed by atoms with Crippen molar-refractivity contribution in [3.05, 3.63) is 28.7 Å². The fourth-order valence-electron chi connectivity index (χ4n) is 4.33. The Kier molecular flexibility index (Phi) is 5.73. The van der Waals surface area contributed by atoms with Gasteiger partial charge in [-0.1, -0.05) is 6.92 Å². The second-order valence-electron chi connectivity index (χ2n) is 8.02. The molecule has 2 saturated heterocycles. The molecule has 0 bridgehead atoms. The van der Waals surface area contributed by atoms with Crippen molar-refractivity contribution >= 4 is 27.0 Å². The van der Waals surface area contributed by atoms with E-state index in [2.05, 4.69) is 11.8 Å². The number of carbonyl (C=O) groups is 1. The SMILES string of the molecule is CCN1CCN(C(=O)C2CCCN(S(=O)(=O)c3ccc4c(c3)oc(=O)n4C)C2)CC1. The molecule has 3 heterocycles. The van der Waals surface area contributed by atoms with Gasteiger partial charge in [-0.05, 0) is 31.5 Å². The third-order valence-electron chi connectivity index (χ3n) is 6.27. The molecule has 1 aromatic heterocycles. The fourth-order valence-corrected chi connectivity index (χ4v) is 5.87. The number of nitrogens with zero attached hydrogens (tertiary/aromatic N) is 4. The van der Waals surface area contributed by atoms with Crippen LogP contribution in [-0.2, 0) is 21.9 Å². The maximum atomic E-state index is 13.2. The molecule has 0 aliphatic carbocycles. The van der Waals surface area contributed by atoms with Crippen LogP contribution in [0.1, 0.15) is 19.8 Å². The summed E-state index contributed by atoms with van der Waals surface area (Å²) in [5, 5.41) is 0. The Labute approximate surface area is 175 Å². The fraction of sp³-hybridized carbons (Fsp3) is 0.600. The Balaban J connectivity index is 1.51. The van der Waals surface area contributed by atoms with Gasteiger partial charge in [0.25, 0.3) is 0 Å². The highest BCUT2D eigenvalue weighted by atomic mass is 32.2. The molecule has 0 spiro atoms. The summed E-state index contributed by atoms with van der Waals surface area (Å²) in [5.41, 5.74) is 0.777. The Morgan fingerprint density at radius 3 is 2.60 bits per heavy atom. The van der Waals surface area contributed by atoms with E-state index in [9.17, 15) is 18.0 Å². The lowest BCUT2D eigenvalue weighted by Gasteiger charge is -2.38. The highest BCUT2D eigenvalue weighted by Gasteiger charge is 2.36. The molecule has 1 atom stereocenters. The molecule has 1 amide bonds. The minimum absolute atomic E-state index is 0.0511. The van der Waals surface area contributed by atoms with Gasteiger partial charge < -0.3 is 14.2 Å². The van der Waals surface area contributed by atoms with Gasteiger partial charge in [-0.2, -0.15) is 4.31 Å². The summed E-state index contributed by atoms with van der Waals surface area (Å²) in [6.07, 6.45) is 1.35. The first-order chi connectivity index (χ1) is 14.3. The van der Waals surface area contributed by atoms with Gasteiger partial charge >= 0.3 is 5.76 Å². The largest absolute Gasteiger partial charge is 0.419 e. The van der Waals surface area contributed by atoms with E-state index >= 15 is 0 Å². The normalized spacial score (nSPS) is 21.9. The molecule has 164 valence electrons. The third-order valence-corrected chi connectivity index (χ3v) is 8.13. The number of oxazole rings is 1. The summed E-state index contributed by atoms with van der Waals surface area (Å²) in [7, 11) is -2.21. The first-order valence-electron chi connectivity index (χ1n) is 10.4. The van der Waals surface area contributed by atoms with Gasteiger partial charge in [0, 0.05) is 52.4 Å². The van der Waals surface area contributed by atoms with Gasteiger partial charge in [-0.25, -0.2) is 13.2 Å². The maximum absolute atomic E-state index is 13.2. The van der Waals surface area contributed by atoms with Crippen LogP contribution in [0.3, 0.4) is 0 Å². The molecule has 10 heteroatoms. The van der Waals surface area contributed by atoms with Crippen molar-refractivity contribution < 1.29 is 17.6 Å². The van der Waals surface area contributed by atoms with Gasteiger partial charge in [-0.3, -0.25) is 9.36 Å². The van der Waals surface area contributed by atoms with Crippen LogP contribution >= 0.6 is 0 Å². The van der Waals surface area contributed by atoms with Crippen LogP contribution in [-0.4, -0.2) is 78.8 Å². The smallest absolute Gasteiger partial charge is 0.408 e. The van der Waals surface area contributed by atoms with Crippen molar-refractivity contribution in [3.63, 3.8) is 0 Å². The lowest BCUT2D eigenvalue weighted by Crippen LogP contribution is -2.52. The maximum Gasteiger partial charge on any atom is 0.419 e. The second-order valence-corrected chi connectivity index (χ2v) is 9.96. The van der Waals surface area contributed by atoms with Crippen molar-refractivity contribution in [1.82, 2.24) is 18.7 Å². The molecule has 1 aromatic carbocycles. The number of aryl methyl sites for hydroxylation is 1. The molecule has 2 aromatic rings. The van der Waals surface area contributed by atoms with Gasteiger partial charge in [-0.15, -0.1) is 0 Å². The first-order valence-corrected chi connectivity index (χ1v) is 11.9. The number of hydrogen-bond donors (Lipinski definition) is 0. The quantitative estimate of drug-likeness (QED) is 0.700. The highest BCUT2D eigenvalue weighted by Crippen LogP contribution is 2.27. The number of piperazine rings is 1. The van der Waals surface area contributed by atoms with Gasteiger partial charge in [0.1, 0.15) is 0 Å². The number of sulfonamides is 1. The summed E-state index contributed by atoms with van der Waals surface area (Å²) in [4.78, 5) is 29.0. The minimum Gasteiger partial charge on any atom is -0.408 e. The average molecular weight is 437 g/mol. The predicted molar refractivity (Wildman–Crippen MR) is 112 cm³/mol. The Bertz CT molecular complexity index is 1100. The molecular formula is C20H28N4O5S. The molecule has 0 radical (unpaired) electrons. The van der Waals surface area contributed by atoms with E-state index in [1.807, 2.05) is 4.90 Å². The molecule has 9 nitrogen and oxygen atoms in total. The van der Waals surface area contributed by atoms with E-state index in [1.165, 1.54) is 21.0 Å². The topological polar surface area (TPSA) is 96.1 Å². The zero-order valence-corrected chi connectivity index (χ0v) is 18.2. The molecular weight excluding hydrogens is 408 g/mol. The van der Waals surface area contributed by atoms with Gasteiger partial charge in [0.2, 0.25) is 15.9 Å². The van der Waals surface area contributed by atoms with Crippen molar-refractivity contribution in [3.8, 4) is 0 Å². The molecule has 0 saturated carbocycles. The van der Waals surface area contributed by atoms with Gasteiger partial charge in [0.15, 0.2) is 5.58 Å². The lowest BCUT2D eigenvalue weighted by molar-refractivity contribution is -0.138. The molecule has 2 aliphatic heterocycles. The number of likely N-dealkylation sites (N-methyl/N-ethyl adjacent to an activating group) is 1. The summed E-state index contributed by atoms with van der Waals surface area (Å²) in [5.74, 6) is -0.804. The Morgan fingerprint density at radius 2 is 1.90 bits per heavy atom. The number of rotatable bonds is 4. The van der Waals surface area contributed by atoms with Crippen LogP contribution in [0, 0.1) is 5.92 Å². The van der Waals surface area contributed by atoms with E-state index in [1.54, 1.807) is 13.1 Å². The monoisotopic (exact) mass is 436 g/mol. The number of piperidine rings is 1. The number of fused-ring (bicyclic) bond motifs is 1. The van der Waals surface area contributed by atoms with E-state index in [-0.39, 0.29) is 28.8 Å². The summed E-state index contributed by atoms with van der Waals surface area (Å²) < 4.78 is 34.3. The molecule has 30 heavy (non-hydrogen) atoms. The first kappa shape index (κ1) is 21.1. The van der Waals surface area contributed by atoms with Crippen LogP contribution < -0.4 is 5.76 Å². The van der Waals surface area contributed by atoms with Crippen molar-refractivity contribution in [2.24, 2.45) is 13.0 Å². The van der Waals surface area contributed by atoms with Crippen LogP contribution in [0.25, 0.3) is 11.1 Å². The number of amides is 1. The van der Waals surface area contributed by atoms with Crippen LogP contribution in [0.2, 0.25) is 0 Å². The number of hydrogen-bond acceptors (Lipinski definition) is 6. The summed E-state index contributed by atoms with van der Waals surface area (Å²) >= 11 is 0. The predicted octanol–water partition coefficient (Wildman–Crippen LogP) is 0.696. The second kappa shape index (κ2) is 8.16. The van der Waals surface area contributed by atoms with E-state index in [0.29, 0.717) is 38.0 Å². The standard InChI is InChI=1S/C20H28N4O5S/c1-3-22-9-11-23(12-10-22)19(25)15-5-4-8-24(14-15)30(27,28)16-6-7-17-18(13-16)29-20(26)21(17)2/h6-7,13,15H,3-5,8-12,14H2,1-2H3. The number of aromatic nitrogens is 1. The van der Waals surface area contributed by atoms with Crippen LogP contribution in [0.15, 0.2) is 32.3 Å². The highest BCUT2D eigenvalue weighted by molar-refractivity contribution is 7.89. The lowest BCUT2D eigenvalue weighted by atomic mass is 9.98.